The molecule has 0 radical (unpaired) electrons. The zero-order valence-electron chi connectivity index (χ0n) is 56.5. The quantitative estimate of drug-likeness (QED) is 0.0638. The zero-order chi connectivity index (χ0) is 59.0. The summed E-state index contributed by atoms with van der Waals surface area (Å²) in [5, 5.41) is 18.4. The fraction of sp³-hybridized carbons (Fsp3) is 0.974. The van der Waals surface area contributed by atoms with E-state index in [1.165, 1.54) is 244 Å². The Balaban J connectivity index is 0.981. The van der Waals surface area contributed by atoms with Gasteiger partial charge in [0.15, 0.2) is 0 Å². The number of aliphatic carboxylic acids is 2. The van der Waals surface area contributed by atoms with Crippen molar-refractivity contribution in [3.8, 4) is 0 Å². The summed E-state index contributed by atoms with van der Waals surface area (Å²) in [6, 6.07) is 0. The Morgan fingerprint density at radius 3 is 0.976 bits per heavy atom. The van der Waals surface area contributed by atoms with Crippen LogP contribution in [0.3, 0.4) is 0 Å². The second-order valence-electron chi connectivity index (χ2n) is 33.5. The van der Waals surface area contributed by atoms with Crippen LogP contribution >= 0.6 is 0 Å². The highest BCUT2D eigenvalue weighted by Gasteiger charge is 2.38. The van der Waals surface area contributed by atoms with Crippen molar-refractivity contribution in [1.29, 1.82) is 0 Å². The van der Waals surface area contributed by atoms with Crippen LogP contribution in [0.15, 0.2) is 0 Å². The van der Waals surface area contributed by atoms with Crippen molar-refractivity contribution in [2.45, 2.75) is 352 Å². The minimum atomic E-state index is -0.638. The molecule has 0 saturated heterocycles. The van der Waals surface area contributed by atoms with Crippen LogP contribution in [-0.4, -0.2) is 22.2 Å². The van der Waals surface area contributed by atoms with E-state index in [0.717, 1.165) is 131 Å². The Hall–Kier alpha value is -1.06. The lowest BCUT2D eigenvalue weighted by molar-refractivity contribution is -0.139. The molecule has 6 aliphatic rings. The Bertz CT molecular complexity index is 1580. The number of carbonyl (C=O) groups is 2. The van der Waals surface area contributed by atoms with E-state index in [9.17, 15) is 19.8 Å². The molecule has 6 rings (SSSR count). The van der Waals surface area contributed by atoms with Crippen molar-refractivity contribution in [3.63, 3.8) is 0 Å². The molecule has 478 valence electrons. The van der Waals surface area contributed by atoms with E-state index in [2.05, 4.69) is 69.2 Å². The van der Waals surface area contributed by atoms with E-state index in [-0.39, 0.29) is 0 Å². The summed E-state index contributed by atoms with van der Waals surface area (Å²) in [5.74, 6) is 18.1. The number of hydrogen-bond acceptors (Lipinski definition) is 2. The summed E-state index contributed by atoms with van der Waals surface area (Å²) in [6.45, 7) is 25.0. The average Bonchev–Trinajstić information content (AvgIpc) is 4.36. The lowest BCUT2D eigenvalue weighted by Crippen LogP contribution is -2.14. The van der Waals surface area contributed by atoms with E-state index < -0.39 is 11.9 Å². The van der Waals surface area contributed by atoms with Gasteiger partial charge in [-0.05, 0) is 220 Å². The molecule has 4 heteroatoms. The highest BCUT2D eigenvalue weighted by atomic mass is 16.4. The second-order valence-corrected chi connectivity index (χ2v) is 33.5. The normalized spacial score (nSPS) is 32.4. The summed E-state index contributed by atoms with van der Waals surface area (Å²) in [6.07, 6.45) is 60.8. The van der Waals surface area contributed by atoms with Gasteiger partial charge in [-0.25, -0.2) is 0 Å². The van der Waals surface area contributed by atoms with Crippen LogP contribution in [0.25, 0.3) is 0 Å². The monoisotopic (exact) mass is 1140 g/mol. The lowest BCUT2D eigenvalue weighted by atomic mass is 9.79. The van der Waals surface area contributed by atoms with Crippen molar-refractivity contribution in [3.05, 3.63) is 0 Å². The minimum absolute atomic E-state index is 0.312. The molecule has 6 saturated carbocycles. The predicted octanol–water partition coefficient (Wildman–Crippen LogP) is 24.2. The Labute approximate surface area is 511 Å². The third-order valence-electron chi connectivity index (χ3n) is 26.3. The molecule has 0 bridgehead atoms. The first-order valence-corrected chi connectivity index (χ1v) is 37.8. The Kier molecular flexibility index (Phi) is 32.2. The van der Waals surface area contributed by atoms with Gasteiger partial charge < -0.3 is 10.2 Å². The van der Waals surface area contributed by atoms with Crippen molar-refractivity contribution in [2.24, 2.45) is 130 Å². The van der Waals surface area contributed by atoms with E-state index in [1.807, 2.05) is 0 Å². The Morgan fingerprint density at radius 2 is 0.622 bits per heavy atom. The average molecular weight is 1140 g/mol. The molecular weight excluding hydrogens is 1000 g/mol. The van der Waals surface area contributed by atoms with Crippen LogP contribution in [0.2, 0.25) is 0 Å². The summed E-state index contributed by atoms with van der Waals surface area (Å²) in [4.78, 5) is 22.3. The minimum Gasteiger partial charge on any atom is -0.481 e. The van der Waals surface area contributed by atoms with Gasteiger partial charge in [0.25, 0.3) is 0 Å². The molecule has 4 nitrogen and oxygen atoms in total. The molecule has 0 aromatic carbocycles. The molecule has 0 spiro atoms. The maximum atomic E-state index is 11.2. The van der Waals surface area contributed by atoms with Gasteiger partial charge >= 0.3 is 11.9 Å². The summed E-state index contributed by atoms with van der Waals surface area (Å²) < 4.78 is 0. The van der Waals surface area contributed by atoms with Gasteiger partial charge in [-0.2, -0.15) is 0 Å². The predicted molar refractivity (Wildman–Crippen MR) is 352 cm³/mol. The third-order valence-corrected chi connectivity index (χ3v) is 26.3. The molecular formula is C78H142O4. The highest BCUT2D eigenvalue weighted by molar-refractivity contribution is 5.67. The molecule has 0 aliphatic heterocycles. The van der Waals surface area contributed by atoms with Crippen LogP contribution in [0.5, 0.6) is 0 Å². The molecule has 22 atom stereocenters. The van der Waals surface area contributed by atoms with Gasteiger partial charge in [0.1, 0.15) is 0 Å². The molecule has 6 aliphatic carbocycles. The molecule has 0 heterocycles. The second kappa shape index (κ2) is 37.7. The van der Waals surface area contributed by atoms with Gasteiger partial charge in [0.2, 0.25) is 0 Å². The molecule has 0 aromatic rings. The highest BCUT2D eigenvalue weighted by Crippen LogP contribution is 2.49. The standard InChI is InChI=1S/C78H142O4/c1-55(17-11-21-61(7)69-41-37-67(51-69)27-13-19-57(3)49-77(79)80)29-33-65(25-15-23-63(9)71-43-45-75(53-71)73-39-31-59(5)47-73)35-36-66(26-16-24-64(10)72-44-46-76(54-72)74-40-32-60(6)48-74)34-30-56(2)18-12-22-62(8)70-42-38-68(52-70)28-14-20-58(4)50-78(81)82/h55-76H,11-54H2,1-10H3,(H,79,80)(H,81,82). The topological polar surface area (TPSA) is 74.6 Å². The zero-order valence-corrected chi connectivity index (χ0v) is 56.5. The summed E-state index contributed by atoms with van der Waals surface area (Å²) >= 11 is 0. The SMILES string of the molecule is CC(CCCC(C)C1CCC(CCCC(C)CC(=O)O)C1)CCC(CCCC(C)C1CCC(C2CCC(C)C2)C1)CCC(CCCC(C)C1CCC(C2CCC(C)C2)C1)CCC(C)CCCC(C)C1CCC(CCCC(C)CC(=O)O)C1. The largest absolute Gasteiger partial charge is 0.481 e. The third kappa shape index (κ3) is 25.9. The Morgan fingerprint density at radius 1 is 0.317 bits per heavy atom. The van der Waals surface area contributed by atoms with Gasteiger partial charge in [0, 0.05) is 12.8 Å². The number of carboxylic acids is 2. The molecule has 0 aromatic heterocycles. The van der Waals surface area contributed by atoms with E-state index in [1.54, 1.807) is 12.8 Å². The maximum Gasteiger partial charge on any atom is 0.303 e. The van der Waals surface area contributed by atoms with E-state index in [4.69, 9.17) is 0 Å². The van der Waals surface area contributed by atoms with Crippen LogP contribution in [0.4, 0.5) is 0 Å². The first-order chi connectivity index (χ1) is 39.4. The van der Waals surface area contributed by atoms with Crippen molar-refractivity contribution < 1.29 is 19.8 Å². The van der Waals surface area contributed by atoms with Gasteiger partial charge in [0.05, 0.1) is 0 Å². The van der Waals surface area contributed by atoms with Crippen molar-refractivity contribution >= 4 is 11.9 Å². The van der Waals surface area contributed by atoms with Crippen molar-refractivity contribution in [2.75, 3.05) is 0 Å². The fourth-order valence-electron chi connectivity index (χ4n) is 20.1. The van der Waals surface area contributed by atoms with Crippen LogP contribution in [-0.2, 0) is 9.59 Å². The maximum absolute atomic E-state index is 11.2. The number of rotatable bonds is 43. The van der Waals surface area contributed by atoms with Gasteiger partial charge in [-0.15, -0.1) is 0 Å². The summed E-state index contributed by atoms with van der Waals surface area (Å²) in [5.41, 5.74) is 0. The van der Waals surface area contributed by atoms with Crippen molar-refractivity contribution in [1.82, 2.24) is 0 Å². The fourth-order valence-corrected chi connectivity index (χ4v) is 20.1. The molecule has 82 heavy (non-hydrogen) atoms. The smallest absolute Gasteiger partial charge is 0.303 e. The number of carboxylic acid groups (broad SMARTS) is 2. The van der Waals surface area contributed by atoms with Gasteiger partial charge in [-0.3, -0.25) is 9.59 Å². The lowest BCUT2D eigenvalue weighted by Gasteiger charge is -2.26. The molecule has 6 fully saturated rings. The van der Waals surface area contributed by atoms with E-state index >= 15 is 0 Å². The van der Waals surface area contributed by atoms with Crippen LogP contribution in [0.1, 0.15) is 352 Å². The summed E-state index contributed by atoms with van der Waals surface area (Å²) in [7, 11) is 0. The molecule has 0 amide bonds. The number of hydrogen-bond donors (Lipinski definition) is 2. The van der Waals surface area contributed by atoms with Crippen LogP contribution in [0, 0.1) is 130 Å². The first kappa shape index (κ1) is 70.0. The first-order valence-electron chi connectivity index (χ1n) is 37.8. The molecule has 2 N–H and O–H groups in total. The van der Waals surface area contributed by atoms with E-state index in [0.29, 0.717) is 24.7 Å². The molecule has 22 unspecified atom stereocenters. The van der Waals surface area contributed by atoms with Crippen LogP contribution < -0.4 is 0 Å². The van der Waals surface area contributed by atoms with Gasteiger partial charge in [-0.1, -0.05) is 249 Å².